The second-order valence-corrected chi connectivity index (χ2v) is 5.24. The van der Waals surface area contributed by atoms with Crippen LogP contribution in [0.25, 0.3) is 0 Å². The summed E-state index contributed by atoms with van der Waals surface area (Å²) < 4.78 is 16.1. The molecule has 1 N–H and O–H groups in total. The highest BCUT2D eigenvalue weighted by Crippen LogP contribution is 2.05. The summed E-state index contributed by atoms with van der Waals surface area (Å²) >= 11 is 0. The number of nitrogens with one attached hydrogen (secondary N) is 1. The van der Waals surface area contributed by atoms with Crippen molar-refractivity contribution in [1.82, 2.24) is 24.9 Å². The van der Waals surface area contributed by atoms with Gasteiger partial charge in [0.15, 0.2) is 0 Å². The van der Waals surface area contributed by atoms with Crippen LogP contribution in [-0.4, -0.2) is 26.2 Å². The summed E-state index contributed by atoms with van der Waals surface area (Å²) in [5, 5.41) is 11.8. The van der Waals surface area contributed by atoms with Crippen LogP contribution in [0.15, 0.2) is 24.5 Å². The largest absolute Gasteiger partial charge is 0.306 e. The van der Waals surface area contributed by atoms with E-state index in [2.05, 4.69) is 29.4 Å². The molecule has 0 radical (unpaired) electrons. The molecule has 20 heavy (non-hydrogen) atoms. The Labute approximate surface area is 118 Å². The van der Waals surface area contributed by atoms with Gasteiger partial charge < -0.3 is 5.32 Å². The second-order valence-electron chi connectivity index (χ2n) is 5.24. The van der Waals surface area contributed by atoms with Crippen molar-refractivity contribution in [2.75, 3.05) is 6.67 Å². The Kier molecular flexibility index (Phi) is 5.29. The van der Waals surface area contributed by atoms with Crippen molar-refractivity contribution in [3.05, 3.63) is 35.9 Å². The van der Waals surface area contributed by atoms with Crippen molar-refractivity contribution in [2.45, 2.75) is 40.0 Å². The fourth-order valence-corrected chi connectivity index (χ4v) is 2.13. The fourth-order valence-electron chi connectivity index (χ4n) is 2.13. The Balaban J connectivity index is 1.86. The van der Waals surface area contributed by atoms with Gasteiger partial charge in [0.1, 0.15) is 6.67 Å². The molecule has 0 aliphatic heterocycles. The first kappa shape index (κ1) is 14.7. The average molecular weight is 279 g/mol. The number of aromatic nitrogens is 4. The quantitative estimate of drug-likeness (QED) is 0.804. The zero-order chi connectivity index (χ0) is 14.4. The monoisotopic (exact) mass is 279 g/mol. The van der Waals surface area contributed by atoms with Crippen molar-refractivity contribution in [1.29, 1.82) is 0 Å². The molecule has 0 aliphatic rings. The molecule has 0 atom stereocenters. The van der Waals surface area contributed by atoms with Gasteiger partial charge in [-0.3, -0.25) is 9.36 Å². The lowest BCUT2D eigenvalue weighted by atomic mass is 10.2. The van der Waals surface area contributed by atoms with E-state index >= 15 is 0 Å². The van der Waals surface area contributed by atoms with Crippen LogP contribution in [0.1, 0.15) is 25.2 Å². The second kappa shape index (κ2) is 7.19. The smallest absolute Gasteiger partial charge is 0.109 e. The molecule has 0 fully saturated rings. The van der Waals surface area contributed by atoms with E-state index in [1.807, 2.05) is 23.0 Å². The standard InChI is InChI=1S/C14H22FN5/c1-12(2)11-20-14(4-7-18-20)10-16-9-13-3-6-17-19(13)8-5-15/h3-4,6-7,12,16H,5,8-11H2,1-2H3. The van der Waals surface area contributed by atoms with Crippen LogP contribution in [0.3, 0.4) is 0 Å². The van der Waals surface area contributed by atoms with E-state index in [0.717, 1.165) is 24.5 Å². The molecule has 0 spiro atoms. The van der Waals surface area contributed by atoms with E-state index in [-0.39, 0.29) is 0 Å². The Hall–Kier alpha value is -1.69. The molecular weight excluding hydrogens is 257 g/mol. The van der Waals surface area contributed by atoms with Gasteiger partial charge in [-0.15, -0.1) is 0 Å². The van der Waals surface area contributed by atoms with Gasteiger partial charge in [-0.1, -0.05) is 13.8 Å². The van der Waals surface area contributed by atoms with Crippen LogP contribution in [0.5, 0.6) is 0 Å². The summed E-state index contributed by atoms with van der Waals surface area (Å²) in [6.45, 7) is 6.61. The number of aryl methyl sites for hydroxylation is 1. The van der Waals surface area contributed by atoms with Crippen LogP contribution in [0.4, 0.5) is 4.39 Å². The third-order valence-electron chi connectivity index (χ3n) is 3.06. The molecule has 110 valence electrons. The lowest BCUT2D eigenvalue weighted by molar-refractivity contribution is 0.415. The molecule has 0 bridgehead atoms. The van der Waals surface area contributed by atoms with Crippen LogP contribution < -0.4 is 5.32 Å². The third-order valence-corrected chi connectivity index (χ3v) is 3.06. The van der Waals surface area contributed by atoms with Gasteiger partial charge in [0.2, 0.25) is 0 Å². The molecule has 0 unspecified atom stereocenters. The van der Waals surface area contributed by atoms with Gasteiger partial charge in [-0.25, -0.2) is 4.39 Å². The number of rotatable bonds is 8. The summed E-state index contributed by atoms with van der Waals surface area (Å²) in [6.07, 6.45) is 3.53. The predicted molar refractivity (Wildman–Crippen MR) is 75.8 cm³/mol. The predicted octanol–water partition coefficient (Wildman–Crippen LogP) is 1.99. The van der Waals surface area contributed by atoms with Crippen molar-refractivity contribution in [3.8, 4) is 0 Å². The zero-order valence-corrected chi connectivity index (χ0v) is 12.1. The van der Waals surface area contributed by atoms with E-state index in [1.165, 1.54) is 0 Å². The average Bonchev–Trinajstić information content (AvgIpc) is 3.00. The number of halogens is 1. The van der Waals surface area contributed by atoms with Crippen LogP contribution in [-0.2, 0) is 26.2 Å². The minimum atomic E-state index is -0.393. The SMILES string of the molecule is CC(C)Cn1nccc1CNCc1ccnn1CCF. The molecular formula is C14H22FN5. The molecule has 0 saturated heterocycles. The molecule has 5 nitrogen and oxygen atoms in total. The van der Waals surface area contributed by atoms with E-state index < -0.39 is 6.67 Å². The topological polar surface area (TPSA) is 47.7 Å². The van der Waals surface area contributed by atoms with Crippen molar-refractivity contribution in [2.24, 2.45) is 5.92 Å². The summed E-state index contributed by atoms with van der Waals surface area (Å²) in [4.78, 5) is 0. The Morgan fingerprint density at radius 1 is 1.10 bits per heavy atom. The lowest BCUT2D eigenvalue weighted by Crippen LogP contribution is -2.20. The van der Waals surface area contributed by atoms with Crippen LogP contribution in [0.2, 0.25) is 0 Å². The maximum atomic E-state index is 12.4. The van der Waals surface area contributed by atoms with E-state index in [0.29, 0.717) is 19.0 Å². The number of nitrogens with zero attached hydrogens (tertiary/aromatic N) is 4. The maximum Gasteiger partial charge on any atom is 0.109 e. The first-order valence-electron chi connectivity index (χ1n) is 6.98. The van der Waals surface area contributed by atoms with Gasteiger partial charge >= 0.3 is 0 Å². The van der Waals surface area contributed by atoms with Gasteiger partial charge in [0, 0.05) is 32.0 Å². The molecule has 2 heterocycles. The molecule has 2 aromatic heterocycles. The Bertz CT molecular complexity index is 517. The first-order chi connectivity index (χ1) is 9.70. The normalized spacial score (nSPS) is 11.4. The molecule has 0 saturated carbocycles. The fraction of sp³-hybridized carbons (Fsp3) is 0.571. The van der Waals surface area contributed by atoms with Crippen LogP contribution in [0, 0.1) is 5.92 Å². The lowest BCUT2D eigenvalue weighted by Gasteiger charge is -2.11. The molecule has 0 amide bonds. The molecule has 6 heteroatoms. The highest BCUT2D eigenvalue weighted by atomic mass is 19.1. The van der Waals surface area contributed by atoms with Gasteiger partial charge in [-0.05, 0) is 18.1 Å². The van der Waals surface area contributed by atoms with Crippen molar-refractivity contribution in [3.63, 3.8) is 0 Å². The number of hydrogen-bond donors (Lipinski definition) is 1. The van der Waals surface area contributed by atoms with Gasteiger partial charge in [-0.2, -0.15) is 10.2 Å². The summed E-state index contributed by atoms with van der Waals surface area (Å²) in [5.41, 5.74) is 2.16. The first-order valence-corrected chi connectivity index (χ1v) is 6.98. The number of alkyl halides is 1. The van der Waals surface area contributed by atoms with Crippen LogP contribution >= 0.6 is 0 Å². The molecule has 0 aliphatic carbocycles. The summed E-state index contributed by atoms with van der Waals surface area (Å²) in [5.74, 6) is 0.569. The van der Waals surface area contributed by atoms with Crippen molar-refractivity contribution < 1.29 is 4.39 Å². The van der Waals surface area contributed by atoms with E-state index in [9.17, 15) is 4.39 Å². The Morgan fingerprint density at radius 3 is 2.30 bits per heavy atom. The third kappa shape index (κ3) is 3.90. The van der Waals surface area contributed by atoms with E-state index in [4.69, 9.17) is 0 Å². The summed E-state index contributed by atoms with van der Waals surface area (Å²) in [7, 11) is 0. The number of hydrogen-bond acceptors (Lipinski definition) is 3. The maximum absolute atomic E-state index is 12.4. The molecule has 2 aromatic rings. The highest BCUT2D eigenvalue weighted by molar-refractivity contribution is 5.03. The molecule has 2 rings (SSSR count). The van der Waals surface area contributed by atoms with Crippen molar-refractivity contribution >= 4 is 0 Å². The minimum absolute atomic E-state index is 0.315. The molecule has 0 aromatic carbocycles. The van der Waals surface area contributed by atoms with Gasteiger partial charge in [0.05, 0.1) is 17.9 Å². The highest BCUT2D eigenvalue weighted by Gasteiger charge is 2.06. The summed E-state index contributed by atoms with van der Waals surface area (Å²) in [6, 6.07) is 3.93. The van der Waals surface area contributed by atoms with E-state index in [1.54, 1.807) is 10.9 Å². The Morgan fingerprint density at radius 2 is 1.70 bits per heavy atom. The van der Waals surface area contributed by atoms with Gasteiger partial charge in [0.25, 0.3) is 0 Å². The minimum Gasteiger partial charge on any atom is -0.306 e. The zero-order valence-electron chi connectivity index (χ0n) is 12.1.